The van der Waals surface area contributed by atoms with Crippen molar-refractivity contribution in [2.75, 3.05) is 25.6 Å². The average Bonchev–Trinajstić information content (AvgIpc) is 3.46. The Morgan fingerprint density at radius 2 is 1.74 bits per heavy atom. The number of methoxy groups -OCH3 is 1. The number of benzene rings is 1. The summed E-state index contributed by atoms with van der Waals surface area (Å²) in [6, 6.07) is 10.3. The van der Waals surface area contributed by atoms with E-state index in [1.54, 1.807) is 39.2 Å². The van der Waals surface area contributed by atoms with Gasteiger partial charge in [-0.15, -0.1) is 11.3 Å². The molecule has 10 heteroatoms. The molecule has 0 saturated heterocycles. The van der Waals surface area contributed by atoms with Crippen LogP contribution in [0.5, 0.6) is 11.5 Å². The van der Waals surface area contributed by atoms with Gasteiger partial charge in [0.2, 0.25) is 0 Å². The summed E-state index contributed by atoms with van der Waals surface area (Å²) in [6.45, 7) is 5.64. The van der Waals surface area contributed by atoms with Crippen molar-refractivity contribution >= 4 is 34.2 Å². The highest BCUT2D eigenvalue weighted by Gasteiger charge is 2.28. The largest absolute Gasteiger partial charge is 0.493 e. The fraction of sp³-hybridized carbons (Fsp3) is 0.320. The third-order valence-corrected chi connectivity index (χ3v) is 5.99. The van der Waals surface area contributed by atoms with Crippen molar-refractivity contribution in [3.8, 4) is 11.5 Å². The van der Waals surface area contributed by atoms with Crippen LogP contribution in [0.15, 0.2) is 40.8 Å². The van der Waals surface area contributed by atoms with Crippen molar-refractivity contribution in [3.05, 3.63) is 63.9 Å². The molecule has 3 aromatic rings. The molecule has 0 aliphatic rings. The highest BCUT2D eigenvalue weighted by Crippen LogP contribution is 2.35. The highest BCUT2D eigenvalue weighted by molar-refractivity contribution is 7.18. The molecule has 1 amide bonds. The van der Waals surface area contributed by atoms with Crippen LogP contribution in [0.4, 0.5) is 5.00 Å². The van der Waals surface area contributed by atoms with Crippen molar-refractivity contribution < 1.29 is 37.7 Å². The van der Waals surface area contributed by atoms with Gasteiger partial charge in [0.25, 0.3) is 5.91 Å². The first kappa shape index (κ1) is 25.8. The van der Waals surface area contributed by atoms with Gasteiger partial charge in [-0.25, -0.2) is 9.59 Å². The van der Waals surface area contributed by atoms with E-state index in [1.807, 2.05) is 19.1 Å². The van der Waals surface area contributed by atoms with E-state index in [0.717, 1.165) is 11.3 Å². The molecule has 0 fully saturated rings. The minimum atomic E-state index is -0.628. The second kappa shape index (κ2) is 12.1. The van der Waals surface area contributed by atoms with Crippen LogP contribution in [0.1, 0.15) is 62.2 Å². The number of esters is 2. The molecule has 0 atom stereocenters. The SMILES string of the molecule is CCCOC(=O)c1c(NC(=O)c2ccc(COc3ccccc3OC)o2)sc(C(=O)OCC)c1C. The molecule has 9 nitrogen and oxygen atoms in total. The summed E-state index contributed by atoms with van der Waals surface area (Å²) >= 11 is 0.950. The molecule has 0 unspecified atom stereocenters. The number of hydrogen-bond donors (Lipinski definition) is 1. The van der Waals surface area contributed by atoms with Gasteiger partial charge < -0.3 is 28.7 Å². The van der Waals surface area contributed by atoms with Crippen molar-refractivity contribution in [1.82, 2.24) is 0 Å². The zero-order valence-corrected chi connectivity index (χ0v) is 20.8. The lowest BCUT2D eigenvalue weighted by atomic mass is 10.1. The van der Waals surface area contributed by atoms with E-state index < -0.39 is 17.8 Å². The normalized spacial score (nSPS) is 10.5. The van der Waals surface area contributed by atoms with E-state index in [0.29, 0.717) is 29.2 Å². The standard InChI is InChI=1S/C25H27NO8S/c1-5-13-32-24(28)20-15(3)21(25(29)31-6-2)35-23(20)26-22(27)19-12-11-16(34-19)14-33-18-10-8-7-9-17(18)30-4/h7-12H,5-6,13-14H2,1-4H3,(H,26,27). The number of ether oxygens (including phenoxy) is 4. The van der Waals surface area contributed by atoms with Crippen molar-refractivity contribution in [2.24, 2.45) is 0 Å². The van der Waals surface area contributed by atoms with Gasteiger partial charge in [-0.3, -0.25) is 4.79 Å². The summed E-state index contributed by atoms with van der Waals surface area (Å²) in [6.07, 6.45) is 0.632. The molecular formula is C25H27NO8S. The van der Waals surface area contributed by atoms with Gasteiger partial charge in [0.1, 0.15) is 22.2 Å². The summed E-state index contributed by atoms with van der Waals surface area (Å²) in [4.78, 5) is 38.1. The van der Waals surface area contributed by atoms with Gasteiger partial charge in [-0.05, 0) is 50.1 Å². The Morgan fingerprint density at radius 1 is 1.00 bits per heavy atom. The fourth-order valence-corrected chi connectivity index (χ4v) is 4.22. The zero-order valence-electron chi connectivity index (χ0n) is 20.0. The van der Waals surface area contributed by atoms with Crippen LogP contribution < -0.4 is 14.8 Å². The first-order valence-corrected chi connectivity index (χ1v) is 11.8. The van der Waals surface area contributed by atoms with Crippen LogP contribution in [0, 0.1) is 6.92 Å². The van der Waals surface area contributed by atoms with Gasteiger partial charge in [0.15, 0.2) is 17.3 Å². The molecule has 2 heterocycles. The number of rotatable bonds is 11. The number of para-hydroxylation sites is 2. The second-order valence-corrected chi connectivity index (χ2v) is 8.30. The molecule has 0 aliphatic heterocycles. The molecule has 35 heavy (non-hydrogen) atoms. The molecule has 186 valence electrons. The number of thiophene rings is 1. The Hall–Kier alpha value is -3.79. The lowest BCUT2D eigenvalue weighted by molar-refractivity contribution is 0.0506. The summed E-state index contributed by atoms with van der Waals surface area (Å²) in [7, 11) is 1.55. The van der Waals surface area contributed by atoms with E-state index in [4.69, 9.17) is 23.4 Å². The number of carbonyl (C=O) groups is 3. The van der Waals surface area contributed by atoms with Crippen LogP contribution in [0.2, 0.25) is 0 Å². The predicted molar refractivity (Wildman–Crippen MR) is 130 cm³/mol. The maximum Gasteiger partial charge on any atom is 0.348 e. The van der Waals surface area contributed by atoms with Crippen molar-refractivity contribution in [3.63, 3.8) is 0 Å². The van der Waals surface area contributed by atoms with Gasteiger partial charge in [0, 0.05) is 0 Å². The van der Waals surface area contributed by atoms with E-state index in [-0.39, 0.29) is 41.0 Å². The van der Waals surface area contributed by atoms with Crippen LogP contribution >= 0.6 is 11.3 Å². The summed E-state index contributed by atoms with van der Waals surface area (Å²) in [5, 5.41) is 2.84. The molecule has 1 aromatic carbocycles. The monoisotopic (exact) mass is 501 g/mol. The topological polar surface area (TPSA) is 113 Å². The van der Waals surface area contributed by atoms with Crippen LogP contribution in [0.25, 0.3) is 0 Å². The average molecular weight is 502 g/mol. The lowest BCUT2D eigenvalue weighted by Gasteiger charge is -2.09. The molecule has 0 spiro atoms. The minimum absolute atomic E-state index is 0.0141. The van der Waals surface area contributed by atoms with Crippen LogP contribution in [-0.2, 0) is 16.1 Å². The maximum atomic E-state index is 12.9. The molecule has 0 saturated carbocycles. The third-order valence-electron chi connectivity index (χ3n) is 4.80. The lowest BCUT2D eigenvalue weighted by Crippen LogP contribution is -2.14. The Morgan fingerprint density at radius 3 is 2.43 bits per heavy atom. The number of anilines is 1. The molecule has 1 N–H and O–H groups in total. The van der Waals surface area contributed by atoms with Crippen molar-refractivity contribution in [1.29, 1.82) is 0 Å². The molecular weight excluding hydrogens is 474 g/mol. The van der Waals surface area contributed by atoms with Crippen molar-refractivity contribution in [2.45, 2.75) is 33.8 Å². The molecule has 3 rings (SSSR count). The summed E-state index contributed by atoms with van der Waals surface area (Å²) in [5.74, 6) is -0.253. The molecule has 0 radical (unpaired) electrons. The van der Waals surface area contributed by atoms with E-state index >= 15 is 0 Å². The first-order valence-electron chi connectivity index (χ1n) is 11.0. The van der Waals surface area contributed by atoms with Crippen LogP contribution in [-0.4, -0.2) is 38.2 Å². The van der Waals surface area contributed by atoms with E-state index in [2.05, 4.69) is 5.32 Å². The quantitative estimate of drug-likeness (QED) is 0.355. The van der Waals surface area contributed by atoms with Gasteiger partial charge >= 0.3 is 11.9 Å². The fourth-order valence-electron chi connectivity index (χ4n) is 3.13. The number of hydrogen-bond acceptors (Lipinski definition) is 9. The Kier molecular flexibility index (Phi) is 8.91. The Bertz CT molecular complexity index is 1200. The predicted octanol–water partition coefficient (Wildman–Crippen LogP) is 5.23. The van der Waals surface area contributed by atoms with Gasteiger partial charge in [-0.1, -0.05) is 19.1 Å². The second-order valence-electron chi connectivity index (χ2n) is 7.28. The maximum absolute atomic E-state index is 12.9. The molecule has 0 aliphatic carbocycles. The number of furan rings is 1. The number of carbonyl (C=O) groups excluding carboxylic acids is 3. The number of amides is 1. The minimum Gasteiger partial charge on any atom is -0.493 e. The Labute approximate surface area is 206 Å². The van der Waals surface area contributed by atoms with Crippen LogP contribution in [0.3, 0.4) is 0 Å². The van der Waals surface area contributed by atoms with E-state index in [1.165, 1.54) is 6.07 Å². The molecule has 0 bridgehead atoms. The third kappa shape index (κ3) is 6.21. The number of nitrogens with one attached hydrogen (secondary N) is 1. The first-order chi connectivity index (χ1) is 16.9. The highest BCUT2D eigenvalue weighted by atomic mass is 32.1. The van der Waals surface area contributed by atoms with E-state index in [9.17, 15) is 14.4 Å². The summed E-state index contributed by atoms with van der Waals surface area (Å²) < 4.78 is 26.9. The molecule has 2 aromatic heterocycles. The smallest absolute Gasteiger partial charge is 0.348 e. The van der Waals surface area contributed by atoms with Gasteiger partial charge in [0.05, 0.1) is 25.9 Å². The zero-order chi connectivity index (χ0) is 25.4. The summed E-state index contributed by atoms with van der Waals surface area (Å²) in [5.41, 5.74) is 0.501. The van der Waals surface area contributed by atoms with Gasteiger partial charge in [-0.2, -0.15) is 0 Å². The Balaban J connectivity index is 1.77.